The maximum atomic E-state index is 12.8. The van der Waals surface area contributed by atoms with Crippen molar-refractivity contribution < 1.29 is 6.22 Å². The molecule has 1 aliphatic carbocycles. The van der Waals surface area contributed by atoms with Gasteiger partial charge in [-0.2, -0.15) is 0 Å². The molecule has 2 aromatic carbocycles. The largest absolute Gasteiger partial charge is 0.335 e. The Bertz CT molecular complexity index is 736. The number of likely N-dealkylation sites (tertiary alicyclic amines) is 1. The number of urea groups is 1. The van der Waals surface area contributed by atoms with Crippen molar-refractivity contribution in [3.8, 4) is 0 Å². The van der Waals surface area contributed by atoms with E-state index in [1.807, 2.05) is 11.0 Å². The molecule has 3 nitrogen and oxygen atoms in total. The molecule has 4 rings (SSSR count). The lowest BCUT2D eigenvalue weighted by molar-refractivity contribution is 0.155. The third-order valence-electron chi connectivity index (χ3n) is 5.78. The molecule has 1 saturated carbocycles. The van der Waals surface area contributed by atoms with Crippen LogP contribution in [0.4, 0.5) is 4.79 Å². The van der Waals surface area contributed by atoms with Crippen molar-refractivity contribution in [2.75, 3.05) is 13.1 Å². The molecule has 0 bridgehead atoms. The van der Waals surface area contributed by atoms with Gasteiger partial charge < -0.3 is 10.2 Å². The molecular formula is C22H28N2O. The SMILES string of the molecule is CC1(c2ccccc2)CCCN(C(=O)NC2C[C@@H]2c2ccccc2)C1.[HH]. The normalized spacial score (nSPS) is 28.4. The summed E-state index contributed by atoms with van der Waals surface area (Å²) in [5.74, 6) is 0.482. The number of nitrogens with one attached hydrogen (secondary N) is 1. The molecule has 2 aromatic rings. The summed E-state index contributed by atoms with van der Waals surface area (Å²) >= 11 is 0. The molecule has 25 heavy (non-hydrogen) atoms. The van der Waals surface area contributed by atoms with Gasteiger partial charge in [-0.1, -0.05) is 67.6 Å². The highest BCUT2D eigenvalue weighted by molar-refractivity contribution is 5.75. The van der Waals surface area contributed by atoms with E-state index < -0.39 is 0 Å². The fourth-order valence-electron chi connectivity index (χ4n) is 4.16. The average Bonchev–Trinajstić information content (AvgIpc) is 3.42. The maximum absolute atomic E-state index is 12.8. The van der Waals surface area contributed by atoms with E-state index in [2.05, 4.69) is 66.8 Å². The van der Waals surface area contributed by atoms with Crippen LogP contribution in [0.3, 0.4) is 0 Å². The van der Waals surface area contributed by atoms with Crippen LogP contribution in [0.15, 0.2) is 60.7 Å². The van der Waals surface area contributed by atoms with Crippen LogP contribution in [0, 0.1) is 0 Å². The van der Waals surface area contributed by atoms with Gasteiger partial charge in [0.25, 0.3) is 0 Å². The Hall–Kier alpha value is -2.29. The average molecular weight is 336 g/mol. The summed E-state index contributed by atoms with van der Waals surface area (Å²) < 4.78 is 0. The van der Waals surface area contributed by atoms with Gasteiger partial charge in [0.1, 0.15) is 0 Å². The fraction of sp³-hybridized carbons (Fsp3) is 0.409. The lowest BCUT2D eigenvalue weighted by Crippen LogP contribution is -2.51. The highest BCUT2D eigenvalue weighted by atomic mass is 16.2. The van der Waals surface area contributed by atoms with E-state index in [9.17, 15) is 4.79 Å². The summed E-state index contributed by atoms with van der Waals surface area (Å²) in [4.78, 5) is 14.8. The van der Waals surface area contributed by atoms with Crippen LogP contribution in [-0.2, 0) is 5.41 Å². The Morgan fingerprint density at radius 3 is 2.52 bits per heavy atom. The number of hydrogen-bond donors (Lipinski definition) is 1. The second kappa shape index (κ2) is 6.55. The zero-order valence-corrected chi connectivity index (χ0v) is 14.8. The molecule has 0 radical (unpaired) electrons. The van der Waals surface area contributed by atoms with Crippen LogP contribution >= 0.6 is 0 Å². The summed E-state index contributed by atoms with van der Waals surface area (Å²) in [7, 11) is 0. The molecule has 1 aliphatic heterocycles. The number of benzene rings is 2. The first-order chi connectivity index (χ1) is 12.2. The molecule has 1 saturated heterocycles. The number of piperidine rings is 1. The van der Waals surface area contributed by atoms with Crippen molar-refractivity contribution in [2.24, 2.45) is 0 Å². The first-order valence-corrected chi connectivity index (χ1v) is 9.32. The molecule has 1 N–H and O–H groups in total. The van der Waals surface area contributed by atoms with Crippen molar-refractivity contribution in [3.63, 3.8) is 0 Å². The molecule has 0 spiro atoms. The highest BCUT2D eigenvalue weighted by Crippen LogP contribution is 2.41. The molecule has 3 atom stereocenters. The minimum atomic E-state index is 0. The molecular weight excluding hydrogens is 308 g/mol. The molecule has 2 fully saturated rings. The van der Waals surface area contributed by atoms with Crippen molar-refractivity contribution >= 4 is 6.03 Å². The first-order valence-electron chi connectivity index (χ1n) is 9.32. The van der Waals surface area contributed by atoms with Crippen LogP contribution in [0.1, 0.15) is 44.7 Å². The Morgan fingerprint density at radius 1 is 1.12 bits per heavy atom. The summed E-state index contributed by atoms with van der Waals surface area (Å²) in [6, 6.07) is 21.5. The first kappa shape index (κ1) is 16.2. The number of hydrogen-bond acceptors (Lipinski definition) is 1. The lowest BCUT2D eigenvalue weighted by Gasteiger charge is -2.41. The quantitative estimate of drug-likeness (QED) is 0.876. The van der Waals surface area contributed by atoms with Gasteiger partial charge in [0, 0.05) is 31.9 Å². The van der Waals surface area contributed by atoms with Gasteiger partial charge in [0.15, 0.2) is 0 Å². The lowest BCUT2D eigenvalue weighted by atomic mass is 9.76. The molecule has 0 aromatic heterocycles. The van der Waals surface area contributed by atoms with Crippen molar-refractivity contribution in [3.05, 3.63) is 71.8 Å². The summed E-state index contributed by atoms with van der Waals surface area (Å²) in [5, 5.41) is 3.25. The topological polar surface area (TPSA) is 32.3 Å². The van der Waals surface area contributed by atoms with Crippen LogP contribution in [-0.4, -0.2) is 30.1 Å². The smallest absolute Gasteiger partial charge is 0.317 e. The number of carbonyl (C=O) groups excluding carboxylic acids is 1. The third kappa shape index (κ3) is 3.41. The molecule has 2 unspecified atom stereocenters. The van der Waals surface area contributed by atoms with Crippen LogP contribution in [0.5, 0.6) is 0 Å². The Kier molecular flexibility index (Phi) is 4.24. The Balaban J connectivity index is 0.00000196. The predicted octanol–water partition coefficient (Wildman–Crippen LogP) is 4.55. The van der Waals surface area contributed by atoms with Crippen LogP contribution < -0.4 is 5.32 Å². The summed E-state index contributed by atoms with van der Waals surface area (Å²) in [5.41, 5.74) is 2.72. The predicted molar refractivity (Wildman–Crippen MR) is 103 cm³/mol. The third-order valence-corrected chi connectivity index (χ3v) is 5.78. The molecule has 1 heterocycles. The Morgan fingerprint density at radius 2 is 1.80 bits per heavy atom. The number of nitrogens with zero attached hydrogens (tertiary/aromatic N) is 1. The van der Waals surface area contributed by atoms with Gasteiger partial charge in [-0.3, -0.25) is 0 Å². The standard InChI is InChI=1S/C22H26N2O.H2/c1-22(18-11-6-3-7-12-18)13-8-14-24(16-22)21(25)23-20-15-19(20)17-9-4-2-5-10-17;/h2-7,9-12,19-20H,8,13-16H2,1H3,(H,23,25);1H/t19-,20?,22?;/m1./s1. The van der Waals surface area contributed by atoms with E-state index in [1.54, 1.807) is 0 Å². The number of rotatable bonds is 3. The van der Waals surface area contributed by atoms with E-state index in [0.29, 0.717) is 12.0 Å². The number of amides is 2. The summed E-state index contributed by atoms with van der Waals surface area (Å²) in [6.45, 7) is 3.94. The monoisotopic (exact) mass is 336 g/mol. The second-order valence-electron chi connectivity index (χ2n) is 7.76. The second-order valence-corrected chi connectivity index (χ2v) is 7.76. The maximum Gasteiger partial charge on any atom is 0.317 e. The fourth-order valence-corrected chi connectivity index (χ4v) is 4.16. The van der Waals surface area contributed by atoms with Crippen molar-refractivity contribution in [2.45, 2.75) is 43.6 Å². The minimum absolute atomic E-state index is 0. The van der Waals surface area contributed by atoms with E-state index >= 15 is 0 Å². The van der Waals surface area contributed by atoms with Gasteiger partial charge in [0.2, 0.25) is 0 Å². The van der Waals surface area contributed by atoms with E-state index in [1.165, 1.54) is 11.1 Å². The van der Waals surface area contributed by atoms with E-state index in [0.717, 1.165) is 32.4 Å². The van der Waals surface area contributed by atoms with Gasteiger partial charge >= 0.3 is 6.03 Å². The van der Waals surface area contributed by atoms with Crippen molar-refractivity contribution in [1.29, 1.82) is 0 Å². The van der Waals surface area contributed by atoms with Crippen molar-refractivity contribution in [1.82, 2.24) is 10.2 Å². The highest BCUT2D eigenvalue weighted by Gasteiger charge is 2.41. The van der Waals surface area contributed by atoms with Crippen LogP contribution in [0.25, 0.3) is 0 Å². The Labute approximate surface area is 151 Å². The van der Waals surface area contributed by atoms with Gasteiger partial charge in [0.05, 0.1) is 0 Å². The molecule has 2 aliphatic rings. The molecule has 132 valence electrons. The van der Waals surface area contributed by atoms with Gasteiger partial charge in [-0.15, -0.1) is 0 Å². The van der Waals surface area contributed by atoms with Crippen LogP contribution in [0.2, 0.25) is 0 Å². The van der Waals surface area contributed by atoms with Gasteiger partial charge in [-0.05, 0) is 30.4 Å². The van der Waals surface area contributed by atoms with E-state index in [4.69, 9.17) is 0 Å². The zero-order chi connectivity index (χ0) is 17.3. The van der Waals surface area contributed by atoms with E-state index in [-0.39, 0.29) is 12.9 Å². The molecule has 2 amide bonds. The summed E-state index contributed by atoms with van der Waals surface area (Å²) in [6.07, 6.45) is 3.25. The number of carbonyl (C=O) groups is 1. The minimum Gasteiger partial charge on any atom is -0.335 e. The van der Waals surface area contributed by atoms with Gasteiger partial charge in [-0.25, -0.2) is 4.79 Å². The molecule has 3 heteroatoms. The zero-order valence-electron chi connectivity index (χ0n) is 14.8.